The third-order valence-electron chi connectivity index (χ3n) is 4.28. The molecular weight excluding hydrogens is 433 g/mol. The maximum atomic E-state index is 13.8. The zero-order chi connectivity index (χ0) is 21.9. The molecule has 0 bridgehead atoms. The van der Waals surface area contributed by atoms with Gasteiger partial charge in [-0.1, -0.05) is 23.7 Å². The third kappa shape index (κ3) is 5.51. The highest BCUT2D eigenvalue weighted by Crippen LogP contribution is 2.21. The van der Waals surface area contributed by atoms with Gasteiger partial charge in [-0.15, -0.1) is 0 Å². The predicted molar refractivity (Wildman–Crippen MR) is 112 cm³/mol. The molecular formula is C20H19ClFN3O4S. The van der Waals surface area contributed by atoms with Crippen LogP contribution in [0.15, 0.2) is 53.3 Å². The highest BCUT2D eigenvalue weighted by Gasteiger charge is 2.14. The summed E-state index contributed by atoms with van der Waals surface area (Å²) in [6.07, 6.45) is 0.898. The fourth-order valence-electron chi connectivity index (χ4n) is 2.77. The number of halogens is 2. The second-order valence-electron chi connectivity index (χ2n) is 6.62. The molecule has 1 aromatic heterocycles. The van der Waals surface area contributed by atoms with Crippen molar-refractivity contribution in [2.75, 3.05) is 6.26 Å². The van der Waals surface area contributed by atoms with E-state index < -0.39 is 28.1 Å². The van der Waals surface area contributed by atoms with Crippen molar-refractivity contribution in [1.82, 2.24) is 9.78 Å². The van der Waals surface area contributed by atoms with Gasteiger partial charge in [0.15, 0.2) is 0 Å². The van der Waals surface area contributed by atoms with Gasteiger partial charge in [-0.2, -0.15) is 13.5 Å². The molecule has 3 aromatic rings. The van der Waals surface area contributed by atoms with Crippen LogP contribution in [0.5, 0.6) is 0 Å². The Morgan fingerprint density at radius 1 is 1.13 bits per heavy atom. The standard InChI is InChI=1S/C20H19ClFN3O4S/c1-30(27,28)29-12-16-9-19(14-4-7-18(22)15(8-14)10-23)24-25(20(16)26)11-13-2-5-17(21)6-3-13/h2-9H,10-12,23H2,1H3. The molecule has 0 unspecified atom stereocenters. The summed E-state index contributed by atoms with van der Waals surface area (Å²) in [6.45, 7) is -0.326. The van der Waals surface area contributed by atoms with E-state index in [0.29, 0.717) is 21.8 Å². The molecule has 10 heteroatoms. The minimum Gasteiger partial charge on any atom is -0.326 e. The maximum Gasteiger partial charge on any atom is 0.272 e. The van der Waals surface area contributed by atoms with Crippen LogP contribution in [0.4, 0.5) is 4.39 Å². The van der Waals surface area contributed by atoms with Crippen molar-refractivity contribution in [3.8, 4) is 11.3 Å². The van der Waals surface area contributed by atoms with Gasteiger partial charge in [0.05, 0.1) is 25.1 Å². The molecule has 0 radical (unpaired) electrons. The van der Waals surface area contributed by atoms with Crippen LogP contribution in [0.3, 0.4) is 0 Å². The van der Waals surface area contributed by atoms with Gasteiger partial charge in [0.2, 0.25) is 0 Å². The van der Waals surface area contributed by atoms with Crippen LogP contribution in [-0.2, 0) is 34.0 Å². The Labute approximate surface area is 178 Å². The van der Waals surface area contributed by atoms with Crippen molar-refractivity contribution in [1.29, 1.82) is 0 Å². The van der Waals surface area contributed by atoms with E-state index in [1.54, 1.807) is 24.3 Å². The molecule has 0 aliphatic heterocycles. The molecule has 0 aliphatic carbocycles. The zero-order valence-electron chi connectivity index (χ0n) is 16.0. The van der Waals surface area contributed by atoms with Gasteiger partial charge < -0.3 is 5.73 Å². The minimum atomic E-state index is -3.76. The summed E-state index contributed by atoms with van der Waals surface area (Å²) in [4.78, 5) is 12.8. The van der Waals surface area contributed by atoms with E-state index in [0.717, 1.165) is 11.8 Å². The SMILES string of the molecule is CS(=O)(=O)OCc1cc(-c2ccc(F)c(CN)c2)nn(Cc2ccc(Cl)cc2)c1=O. The highest BCUT2D eigenvalue weighted by molar-refractivity contribution is 7.85. The number of hydrogen-bond acceptors (Lipinski definition) is 6. The molecule has 0 amide bonds. The van der Waals surface area contributed by atoms with Gasteiger partial charge in [-0.25, -0.2) is 9.07 Å². The van der Waals surface area contributed by atoms with Crippen LogP contribution in [-0.4, -0.2) is 24.5 Å². The lowest BCUT2D eigenvalue weighted by Crippen LogP contribution is -2.28. The Balaban J connectivity index is 2.09. The van der Waals surface area contributed by atoms with E-state index in [4.69, 9.17) is 21.5 Å². The van der Waals surface area contributed by atoms with E-state index in [1.165, 1.54) is 28.9 Å². The van der Waals surface area contributed by atoms with Crippen molar-refractivity contribution in [3.63, 3.8) is 0 Å². The molecule has 0 saturated heterocycles. The normalized spacial score (nSPS) is 11.6. The number of benzene rings is 2. The lowest BCUT2D eigenvalue weighted by molar-refractivity contribution is 0.308. The number of hydrogen-bond donors (Lipinski definition) is 1. The van der Waals surface area contributed by atoms with E-state index >= 15 is 0 Å². The molecule has 0 atom stereocenters. The van der Waals surface area contributed by atoms with Crippen molar-refractivity contribution in [2.24, 2.45) is 5.73 Å². The van der Waals surface area contributed by atoms with Crippen LogP contribution in [0.25, 0.3) is 11.3 Å². The summed E-state index contributed by atoms with van der Waals surface area (Å²) in [5, 5.41) is 4.92. The summed E-state index contributed by atoms with van der Waals surface area (Å²) >= 11 is 5.90. The molecule has 7 nitrogen and oxygen atoms in total. The van der Waals surface area contributed by atoms with Gasteiger partial charge in [0.25, 0.3) is 15.7 Å². The Bertz CT molecular complexity index is 1230. The van der Waals surface area contributed by atoms with Gasteiger partial charge in [0.1, 0.15) is 5.82 Å². The second-order valence-corrected chi connectivity index (χ2v) is 8.70. The number of aromatic nitrogens is 2. The van der Waals surface area contributed by atoms with Crippen LogP contribution >= 0.6 is 11.6 Å². The smallest absolute Gasteiger partial charge is 0.272 e. The minimum absolute atomic E-state index is 0.00582. The lowest BCUT2D eigenvalue weighted by Gasteiger charge is -2.12. The quantitative estimate of drug-likeness (QED) is 0.554. The Kier molecular flexibility index (Phi) is 6.67. The van der Waals surface area contributed by atoms with Gasteiger partial charge in [-0.3, -0.25) is 8.98 Å². The summed E-state index contributed by atoms with van der Waals surface area (Å²) in [5.74, 6) is -0.448. The van der Waals surface area contributed by atoms with E-state index in [9.17, 15) is 17.6 Å². The summed E-state index contributed by atoms with van der Waals surface area (Å²) < 4.78 is 42.6. The van der Waals surface area contributed by atoms with Crippen LogP contribution in [0, 0.1) is 5.82 Å². The number of nitrogens with two attached hydrogens (primary N) is 1. The van der Waals surface area contributed by atoms with Gasteiger partial charge in [0, 0.05) is 28.3 Å². The molecule has 158 valence electrons. The first-order valence-corrected chi connectivity index (χ1v) is 11.0. The molecule has 0 saturated carbocycles. The molecule has 2 aromatic carbocycles. The van der Waals surface area contributed by atoms with E-state index in [1.807, 2.05) is 0 Å². The first kappa shape index (κ1) is 22.1. The van der Waals surface area contributed by atoms with E-state index in [2.05, 4.69) is 5.10 Å². The van der Waals surface area contributed by atoms with Crippen LogP contribution in [0.2, 0.25) is 5.02 Å². The monoisotopic (exact) mass is 451 g/mol. The van der Waals surface area contributed by atoms with Crippen molar-refractivity contribution < 1.29 is 17.0 Å². The first-order valence-electron chi connectivity index (χ1n) is 8.85. The molecule has 2 N–H and O–H groups in total. The van der Waals surface area contributed by atoms with E-state index in [-0.39, 0.29) is 18.7 Å². The summed E-state index contributed by atoms with van der Waals surface area (Å²) in [5.41, 5.74) is 7.11. The fourth-order valence-corrected chi connectivity index (χ4v) is 3.24. The molecule has 0 spiro atoms. The molecule has 30 heavy (non-hydrogen) atoms. The van der Waals surface area contributed by atoms with Crippen LogP contribution in [0.1, 0.15) is 16.7 Å². The Morgan fingerprint density at radius 3 is 2.47 bits per heavy atom. The Hall–Kier alpha value is -2.59. The van der Waals surface area contributed by atoms with Gasteiger partial charge in [-0.05, 0) is 42.0 Å². The average Bonchev–Trinajstić information content (AvgIpc) is 2.70. The third-order valence-corrected chi connectivity index (χ3v) is 5.08. The lowest BCUT2D eigenvalue weighted by atomic mass is 10.1. The molecule has 0 fully saturated rings. The maximum absolute atomic E-state index is 13.8. The summed E-state index contributed by atoms with van der Waals surface area (Å²) in [6, 6.07) is 12.6. The number of nitrogens with zero attached hydrogens (tertiary/aromatic N) is 2. The number of rotatable bonds is 7. The summed E-state index contributed by atoms with van der Waals surface area (Å²) in [7, 11) is -3.76. The second kappa shape index (κ2) is 9.05. The van der Waals surface area contributed by atoms with Crippen molar-refractivity contribution >= 4 is 21.7 Å². The topological polar surface area (TPSA) is 104 Å². The molecule has 3 rings (SSSR count). The van der Waals surface area contributed by atoms with Crippen molar-refractivity contribution in [2.45, 2.75) is 19.7 Å². The van der Waals surface area contributed by atoms with Crippen LogP contribution < -0.4 is 11.3 Å². The molecule has 1 heterocycles. The van der Waals surface area contributed by atoms with Crippen molar-refractivity contribution in [3.05, 3.63) is 86.4 Å². The zero-order valence-corrected chi connectivity index (χ0v) is 17.6. The average molecular weight is 452 g/mol. The Morgan fingerprint density at radius 2 is 1.83 bits per heavy atom. The molecule has 0 aliphatic rings. The largest absolute Gasteiger partial charge is 0.326 e. The highest BCUT2D eigenvalue weighted by atomic mass is 35.5. The predicted octanol–water partition coefficient (Wildman–Crippen LogP) is 2.69. The first-order chi connectivity index (χ1) is 14.2. The fraction of sp³-hybridized carbons (Fsp3) is 0.200. The van der Waals surface area contributed by atoms with Gasteiger partial charge >= 0.3 is 0 Å².